The van der Waals surface area contributed by atoms with Crippen molar-refractivity contribution in [2.75, 3.05) is 18.1 Å². The number of Topliss-reactive ketones (excluding diaryl/α,β-unsaturated/α-hetero) is 1. The fraction of sp³-hybridized carbons (Fsp3) is 0.364. The number of ketones is 1. The largest absolute Gasteiger partial charge is 0.306 e. The van der Waals surface area contributed by atoms with Crippen molar-refractivity contribution in [1.29, 1.82) is 0 Å². The van der Waals surface area contributed by atoms with Crippen molar-refractivity contribution in [3.63, 3.8) is 0 Å². The van der Waals surface area contributed by atoms with Crippen LogP contribution >= 0.6 is 23.4 Å². The normalized spacial score (nSPS) is 21.3. The van der Waals surface area contributed by atoms with Gasteiger partial charge in [0.05, 0.1) is 11.1 Å². The minimum absolute atomic E-state index is 0.0800. The average Bonchev–Trinajstić information content (AvgIpc) is 2.30. The number of rotatable bonds is 2. The molecule has 0 saturated carbocycles. The van der Waals surface area contributed by atoms with Crippen molar-refractivity contribution in [2.45, 2.75) is 6.04 Å². The van der Waals surface area contributed by atoms with E-state index in [9.17, 15) is 4.79 Å². The zero-order chi connectivity index (χ0) is 10.7. The van der Waals surface area contributed by atoms with Crippen LogP contribution in [0.1, 0.15) is 10.4 Å². The zero-order valence-corrected chi connectivity index (χ0v) is 9.77. The van der Waals surface area contributed by atoms with Gasteiger partial charge in [0.15, 0.2) is 5.78 Å². The lowest BCUT2D eigenvalue weighted by molar-refractivity contribution is 0.0953. The van der Waals surface area contributed by atoms with E-state index in [1.807, 2.05) is 12.1 Å². The van der Waals surface area contributed by atoms with Crippen molar-refractivity contribution in [3.8, 4) is 0 Å². The van der Waals surface area contributed by atoms with Gasteiger partial charge in [-0.1, -0.05) is 23.7 Å². The molecule has 1 N–H and O–H groups in total. The highest BCUT2D eigenvalue weighted by Crippen LogP contribution is 2.19. The molecular formula is C11H12ClNOS. The van der Waals surface area contributed by atoms with Crippen LogP contribution in [0, 0.1) is 0 Å². The van der Waals surface area contributed by atoms with Gasteiger partial charge in [-0.15, -0.1) is 0 Å². The number of thioether (sulfide) groups is 1. The fourth-order valence-corrected chi connectivity index (χ4v) is 2.75. The number of carbonyl (C=O) groups excluding carboxylic acids is 1. The minimum Gasteiger partial charge on any atom is -0.306 e. The Hall–Kier alpha value is -0.510. The standard InChI is InChI=1S/C11H12ClNOS/c12-9-4-2-1-3-8(9)11(14)10-7-15-6-5-13-10/h1-4,10,13H,5-7H2. The molecule has 1 aromatic carbocycles. The Kier molecular flexibility index (Phi) is 3.67. The van der Waals surface area contributed by atoms with E-state index in [-0.39, 0.29) is 11.8 Å². The van der Waals surface area contributed by atoms with Crippen LogP contribution in [0.3, 0.4) is 0 Å². The molecule has 0 aliphatic carbocycles. The maximum Gasteiger partial charge on any atom is 0.182 e. The first-order chi connectivity index (χ1) is 7.29. The Morgan fingerprint density at radius 3 is 2.93 bits per heavy atom. The summed E-state index contributed by atoms with van der Waals surface area (Å²) in [6.45, 7) is 0.894. The highest BCUT2D eigenvalue weighted by Gasteiger charge is 2.23. The summed E-state index contributed by atoms with van der Waals surface area (Å²) in [5, 5.41) is 3.76. The number of hydrogen-bond donors (Lipinski definition) is 1. The van der Waals surface area contributed by atoms with Gasteiger partial charge in [-0.2, -0.15) is 11.8 Å². The second-order valence-electron chi connectivity index (χ2n) is 3.43. The zero-order valence-electron chi connectivity index (χ0n) is 8.20. The number of carbonyl (C=O) groups is 1. The van der Waals surface area contributed by atoms with Gasteiger partial charge in [-0.05, 0) is 12.1 Å². The van der Waals surface area contributed by atoms with E-state index in [1.54, 1.807) is 23.9 Å². The van der Waals surface area contributed by atoms with Crippen LogP contribution in [0.4, 0.5) is 0 Å². The first-order valence-corrected chi connectivity index (χ1v) is 6.42. The quantitative estimate of drug-likeness (QED) is 0.806. The van der Waals surface area contributed by atoms with E-state index in [1.165, 1.54) is 0 Å². The maximum absolute atomic E-state index is 12.1. The molecule has 80 valence electrons. The summed E-state index contributed by atoms with van der Waals surface area (Å²) in [5.41, 5.74) is 0.624. The summed E-state index contributed by atoms with van der Waals surface area (Å²) in [5.74, 6) is 2.02. The van der Waals surface area contributed by atoms with Crippen LogP contribution in [-0.4, -0.2) is 29.9 Å². The highest BCUT2D eigenvalue weighted by atomic mass is 35.5. The van der Waals surface area contributed by atoms with E-state index < -0.39 is 0 Å². The van der Waals surface area contributed by atoms with Gasteiger partial charge < -0.3 is 5.32 Å². The smallest absolute Gasteiger partial charge is 0.182 e. The van der Waals surface area contributed by atoms with Crippen molar-refractivity contribution in [2.24, 2.45) is 0 Å². The van der Waals surface area contributed by atoms with Gasteiger partial charge in [-0.3, -0.25) is 4.79 Å². The Labute approximate surface area is 98.4 Å². The second-order valence-corrected chi connectivity index (χ2v) is 4.98. The SMILES string of the molecule is O=C(c1ccccc1Cl)C1CSCCN1. The molecule has 0 spiro atoms. The van der Waals surface area contributed by atoms with E-state index in [4.69, 9.17) is 11.6 Å². The molecule has 0 bridgehead atoms. The topological polar surface area (TPSA) is 29.1 Å². The predicted octanol–water partition coefficient (Wildman–Crippen LogP) is 2.23. The number of nitrogens with one attached hydrogen (secondary N) is 1. The molecule has 1 fully saturated rings. The van der Waals surface area contributed by atoms with E-state index in [2.05, 4.69) is 5.32 Å². The Morgan fingerprint density at radius 1 is 1.47 bits per heavy atom. The van der Waals surface area contributed by atoms with E-state index in [0.29, 0.717) is 10.6 Å². The molecule has 0 radical (unpaired) electrons. The lowest BCUT2D eigenvalue weighted by Gasteiger charge is -2.22. The molecule has 0 amide bonds. The summed E-state index contributed by atoms with van der Waals surface area (Å²) in [4.78, 5) is 12.1. The first kappa shape index (κ1) is 11.0. The molecule has 1 saturated heterocycles. The molecule has 0 aromatic heterocycles. The predicted molar refractivity (Wildman–Crippen MR) is 64.9 cm³/mol. The van der Waals surface area contributed by atoms with Crippen molar-refractivity contribution in [3.05, 3.63) is 34.9 Å². The van der Waals surface area contributed by atoms with Crippen LogP contribution in [0.25, 0.3) is 0 Å². The summed E-state index contributed by atoms with van der Waals surface area (Å²) in [6.07, 6.45) is 0. The van der Waals surface area contributed by atoms with Gasteiger partial charge >= 0.3 is 0 Å². The van der Waals surface area contributed by atoms with Gasteiger partial charge in [0.25, 0.3) is 0 Å². The van der Waals surface area contributed by atoms with Gasteiger partial charge in [0.1, 0.15) is 0 Å². The van der Waals surface area contributed by atoms with Crippen LogP contribution in [0.15, 0.2) is 24.3 Å². The minimum atomic E-state index is -0.0800. The summed E-state index contributed by atoms with van der Waals surface area (Å²) < 4.78 is 0. The molecule has 4 heteroatoms. The van der Waals surface area contributed by atoms with Crippen LogP contribution in [-0.2, 0) is 0 Å². The monoisotopic (exact) mass is 241 g/mol. The fourth-order valence-electron chi connectivity index (χ4n) is 1.58. The molecule has 1 aliphatic heterocycles. The summed E-state index contributed by atoms with van der Waals surface area (Å²) in [7, 11) is 0. The van der Waals surface area contributed by atoms with E-state index >= 15 is 0 Å². The second kappa shape index (κ2) is 5.01. The van der Waals surface area contributed by atoms with Crippen LogP contribution < -0.4 is 5.32 Å². The average molecular weight is 242 g/mol. The van der Waals surface area contributed by atoms with Gasteiger partial charge in [0.2, 0.25) is 0 Å². The Balaban J connectivity index is 2.16. The maximum atomic E-state index is 12.1. The van der Waals surface area contributed by atoms with Crippen LogP contribution in [0.2, 0.25) is 5.02 Å². The highest BCUT2D eigenvalue weighted by molar-refractivity contribution is 7.99. The molecule has 1 atom stereocenters. The number of hydrogen-bond acceptors (Lipinski definition) is 3. The Bertz CT molecular complexity index is 363. The van der Waals surface area contributed by atoms with Crippen molar-refractivity contribution >= 4 is 29.1 Å². The summed E-state index contributed by atoms with van der Waals surface area (Å²) >= 11 is 7.79. The lowest BCUT2D eigenvalue weighted by Crippen LogP contribution is -2.43. The molecule has 1 aromatic rings. The van der Waals surface area contributed by atoms with Crippen LogP contribution in [0.5, 0.6) is 0 Å². The third-order valence-corrected chi connectivity index (χ3v) is 3.77. The third kappa shape index (κ3) is 2.54. The third-order valence-electron chi connectivity index (χ3n) is 2.38. The van der Waals surface area contributed by atoms with E-state index in [0.717, 1.165) is 18.1 Å². The molecule has 15 heavy (non-hydrogen) atoms. The molecular weight excluding hydrogens is 230 g/mol. The molecule has 1 unspecified atom stereocenters. The molecule has 2 nitrogen and oxygen atoms in total. The van der Waals surface area contributed by atoms with Crippen molar-refractivity contribution in [1.82, 2.24) is 5.32 Å². The van der Waals surface area contributed by atoms with Crippen molar-refractivity contribution < 1.29 is 4.79 Å². The first-order valence-electron chi connectivity index (χ1n) is 4.89. The summed E-state index contributed by atoms with van der Waals surface area (Å²) in [6, 6.07) is 7.14. The number of benzene rings is 1. The van der Waals surface area contributed by atoms with Gasteiger partial charge in [-0.25, -0.2) is 0 Å². The Morgan fingerprint density at radius 2 is 2.27 bits per heavy atom. The molecule has 2 rings (SSSR count). The number of halogens is 1. The van der Waals surface area contributed by atoms with Gasteiger partial charge in [0, 0.05) is 23.6 Å². The lowest BCUT2D eigenvalue weighted by atomic mass is 10.1. The molecule has 1 aliphatic rings. The molecule has 1 heterocycles.